The van der Waals surface area contributed by atoms with Gasteiger partial charge in [-0.3, -0.25) is 9.59 Å². The van der Waals surface area contributed by atoms with E-state index in [0.29, 0.717) is 11.8 Å². The average molecular weight is 357 g/mol. The number of fused-ring (bicyclic) bond motifs is 2. The molecule has 3 aliphatic rings. The minimum Gasteiger partial charge on any atom is -0.442 e. The lowest BCUT2D eigenvalue weighted by Crippen LogP contribution is -2.33. The smallest absolute Gasteiger partial charge is 0.317 e. The molecule has 2 aromatic rings. The molecule has 0 unspecified atom stereocenters. The summed E-state index contributed by atoms with van der Waals surface area (Å²) in [6.45, 7) is 3.73. The summed E-state index contributed by atoms with van der Waals surface area (Å²) >= 11 is 1.50. The summed E-state index contributed by atoms with van der Waals surface area (Å²) in [5.41, 5.74) is 1.24. The lowest BCUT2D eigenvalue weighted by Gasteiger charge is -2.34. The Bertz CT molecular complexity index is 842. The van der Waals surface area contributed by atoms with E-state index in [1.54, 1.807) is 3.96 Å². The summed E-state index contributed by atoms with van der Waals surface area (Å²) in [4.78, 5) is 26.6. The Morgan fingerprint density at radius 3 is 2.44 bits per heavy atom. The van der Waals surface area contributed by atoms with Crippen LogP contribution in [0.5, 0.6) is 0 Å². The first-order valence-corrected chi connectivity index (χ1v) is 9.72. The van der Waals surface area contributed by atoms with E-state index < -0.39 is 5.41 Å². The summed E-state index contributed by atoms with van der Waals surface area (Å²) < 4.78 is 7.16. The van der Waals surface area contributed by atoms with E-state index in [-0.39, 0.29) is 18.3 Å². The minimum absolute atomic E-state index is 0.0189. The number of carbonyl (C=O) groups excluding carboxylic acids is 1. The van der Waals surface area contributed by atoms with Gasteiger partial charge in [0.15, 0.2) is 6.73 Å². The highest BCUT2D eigenvalue weighted by molar-refractivity contribution is 7.06. The molecule has 1 aromatic carbocycles. The highest BCUT2D eigenvalue weighted by atomic mass is 32.1. The van der Waals surface area contributed by atoms with Crippen LogP contribution >= 0.6 is 11.5 Å². The van der Waals surface area contributed by atoms with E-state index in [2.05, 4.69) is 0 Å². The molecule has 0 spiro atoms. The zero-order valence-corrected chi connectivity index (χ0v) is 15.5. The molecule has 3 aliphatic carbocycles. The second kappa shape index (κ2) is 6.13. The van der Waals surface area contributed by atoms with E-state index in [4.69, 9.17) is 4.74 Å². The fourth-order valence-electron chi connectivity index (χ4n) is 4.12. The summed E-state index contributed by atoms with van der Waals surface area (Å²) in [5, 5.41) is 0. The van der Waals surface area contributed by atoms with E-state index >= 15 is 0 Å². The van der Waals surface area contributed by atoms with Crippen LogP contribution in [0.1, 0.15) is 67.4 Å². The number of hydrogen-bond acceptors (Lipinski definition) is 4. The predicted octanol–water partition coefficient (Wildman–Crippen LogP) is 4.14. The number of nitrogens with zero attached hydrogens (tertiary/aromatic N) is 1. The molecule has 0 saturated heterocycles. The van der Waals surface area contributed by atoms with Gasteiger partial charge in [-0.15, -0.1) is 0 Å². The second-order valence-corrected chi connectivity index (χ2v) is 8.72. The van der Waals surface area contributed by atoms with E-state index in [9.17, 15) is 9.59 Å². The molecule has 0 N–H and O–H groups in total. The van der Waals surface area contributed by atoms with Crippen LogP contribution in [0.25, 0.3) is 0 Å². The molecule has 1 aromatic heterocycles. The molecule has 2 bridgehead atoms. The van der Waals surface area contributed by atoms with Gasteiger partial charge in [0, 0.05) is 10.4 Å². The Kier molecular flexibility index (Phi) is 4.07. The predicted molar refractivity (Wildman–Crippen MR) is 98.1 cm³/mol. The molecule has 0 amide bonds. The molecule has 1 saturated carbocycles. The van der Waals surface area contributed by atoms with Crippen LogP contribution in [-0.2, 0) is 21.7 Å². The van der Waals surface area contributed by atoms with E-state index in [0.717, 1.165) is 24.0 Å². The first-order chi connectivity index (χ1) is 12.0. The van der Waals surface area contributed by atoms with Gasteiger partial charge in [-0.25, -0.2) is 3.96 Å². The average Bonchev–Trinajstić information content (AvgIpc) is 3.00. The maximum absolute atomic E-state index is 12.7. The molecular weight excluding hydrogens is 334 g/mol. The van der Waals surface area contributed by atoms with Gasteiger partial charge < -0.3 is 4.74 Å². The summed E-state index contributed by atoms with van der Waals surface area (Å²) in [6, 6.07) is 9.61. The Balaban J connectivity index is 1.52. The number of carbonyl (C=O) groups is 1. The van der Waals surface area contributed by atoms with Gasteiger partial charge in [-0.2, -0.15) is 0 Å². The molecule has 0 radical (unpaired) electrons. The number of benzene rings is 1. The zero-order valence-electron chi connectivity index (χ0n) is 14.7. The highest BCUT2D eigenvalue weighted by Crippen LogP contribution is 2.49. The first kappa shape index (κ1) is 16.6. The molecule has 5 rings (SSSR count). The number of esters is 1. The van der Waals surface area contributed by atoms with Crippen LogP contribution in [0, 0.1) is 0 Å². The lowest BCUT2D eigenvalue weighted by atomic mass is 9.71. The van der Waals surface area contributed by atoms with Crippen molar-refractivity contribution in [2.45, 2.75) is 63.5 Å². The van der Waals surface area contributed by atoms with Gasteiger partial charge in [0.1, 0.15) is 0 Å². The van der Waals surface area contributed by atoms with Crippen molar-refractivity contribution < 1.29 is 9.53 Å². The normalized spacial score (nSPS) is 21.8. The van der Waals surface area contributed by atoms with Gasteiger partial charge in [0.25, 0.3) is 5.56 Å². The van der Waals surface area contributed by atoms with Gasteiger partial charge in [-0.05, 0) is 56.9 Å². The molecule has 25 heavy (non-hydrogen) atoms. The molecule has 1 heterocycles. The SMILES string of the molecule is CC(C)(C(=O)OCn1sc2c(c1=O)C1CCC2CC1)c1ccccc1. The van der Waals surface area contributed by atoms with Gasteiger partial charge in [0.2, 0.25) is 0 Å². The minimum atomic E-state index is -0.735. The van der Waals surface area contributed by atoms with Gasteiger partial charge in [-0.1, -0.05) is 41.9 Å². The van der Waals surface area contributed by atoms with Crippen LogP contribution in [0.2, 0.25) is 0 Å². The molecule has 0 aliphatic heterocycles. The van der Waals surface area contributed by atoms with Crippen molar-refractivity contribution in [1.29, 1.82) is 0 Å². The van der Waals surface area contributed by atoms with Gasteiger partial charge in [0.05, 0.1) is 5.41 Å². The number of hydrogen-bond donors (Lipinski definition) is 0. The Labute approximate surface area is 151 Å². The zero-order chi connectivity index (χ0) is 17.6. The van der Waals surface area contributed by atoms with Crippen LogP contribution in [-0.4, -0.2) is 9.93 Å². The second-order valence-electron chi connectivity index (χ2n) is 7.65. The lowest BCUT2D eigenvalue weighted by molar-refractivity contribution is -0.153. The van der Waals surface area contributed by atoms with Gasteiger partial charge >= 0.3 is 5.97 Å². The molecular formula is C20H23NO3S. The first-order valence-electron chi connectivity index (χ1n) is 8.95. The van der Waals surface area contributed by atoms with Crippen LogP contribution in [0.15, 0.2) is 35.1 Å². The van der Waals surface area contributed by atoms with Crippen molar-refractivity contribution in [2.75, 3.05) is 0 Å². The van der Waals surface area contributed by atoms with Crippen molar-refractivity contribution in [3.05, 3.63) is 56.7 Å². The highest BCUT2D eigenvalue weighted by Gasteiger charge is 2.38. The van der Waals surface area contributed by atoms with Crippen LogP contribution in [0.3, 0.4) is 0 Å². The molecule has 5 heteroatoms. The molecule has 1 fully saturated rings. The summed E-state index contributed by atoms with van der Waals surface area (Å²) in [5.74, 6) is 0.650. The largest absolute Gasteiger partial charge is 0.442 e. The Morgan fingerprint density at radius 1 is 1.16 bits per heavy atom. The summed E-state index contributed by atoms with van der Waals surface area (Å²) in [6.07, 6.45) is 4.64. The molecule has 4 nitrogen and oxygen atoms in total. The monoisotopic (exact) mass is 357 g/mol. The van der Waals surface area contributed by atoms with E-state index in [1.807, 2.05) is 44.2 Å². The third-order valence-electron chi connectivity index (χ3n) is 5.76. The fraction of sp³-hybridized carbons (Fsp3) is 0.500. The number of rotatable bonds is 4. The molecule has 132 valence electrons. The maximum atomic E-state index is 12.7. The van der Waals surface area contributed by atoms with Crippen molar-refractivity contribution in [3.63, 3.8) is 0 Å². The Hall–Kier alpha value is -1.88. The topological polar surface area (TPSA) is 48.3 Å². The Morgan fingerprint density at radius 2 is 1.80 bits per heavy atom. The standard InChI is InChI=1S/C20H23NO3S/c1-20(2,15-6-4-3-5-7-15)19(23)24-12-21-18(22)16-13-8-10-14(11-9-13)17(16)25-21/h3-7,13-14H,8-12H2,1-2H3. The van der Waals surface area contributed by atoms with Crippen molar-refractivity contribution in [1.82, 2.24) is 3.96 Å². The van der Waals surface area contributed by atoms with Crippen molar-refractivity contribution in [3.8, 4) is 0 Å². The fourth-order valence-corrected chi connectivity index (χ4v) is 5.38. The third kappa shape index (κ3) is 2.74. The quantitative estimate of drug-likeness (QED) is 0.773. The number of aromatic nitrogens is 1. The van der Waals surface area contributed by atoms with Crippen molar-refractivity contribution in [2.24, 2.45) is 0 Å². The maximum Gasteiger partial charge on any atom is 0.317 e. The van der Waals surface area contributed by atoms with Crippen LogP contribution < -0.4 is 5.56 Å². The number of ether oxygens (including phenoxy) is 1. The molecule has 0 atom stereocenters. The summed E-state index contributed by atoms with van der Waals surface area (Å²) in [7, 11) is 0. The van der Waals surface area contributed by atoms with Crippen molar-refractivity contribution >= 4 is 17.5 Å². The van der Waals surface area contributed by atoms with E-state index in [1.165, 1.54) is 29.3 Å². The van der Waals surface area contributed by atoms with Crippen LogP contribution in [0.4, 0.5) is 0 Å². The third-order valence-corrected chi connectivity index (χ3v) is 7.00.